The third-order valence-corrected chi connectivity index (χ3v) is 2.52. The second-order valence-corrected chi connectivity index (χ2v) is 3.35. The highest BCUT2D eigenvalue weighted by atomic mass is 16.5. The quantitative estimate of drug-likeness (QED) is 0.611. The van der Waals surface area contributed by atoms with E-state index in [0.29, 0.717) is 19.8 Å². The first-order chi connectivity index (χ1) is 6.70. The van der Waals surface area contributed by atoms with Gasteiger partial charge in [-0.2, -0.15) is 0 Å². The number of aliphatic hydroxyl groups is 1. The maximum absolute atomic E-state index is 11.3. The molecule has 0 radical (unpaired) electrons. The van der Waals surface area contributed by atoms with Gasteiger partial charge in [0.2, 0.25) is 0 Å². The molecule has 2 unspecified atom stereocenters. The molecule has 1 saturated heterocycles. The average molecular weight is 203 g/mol. The predicted molar refractivity (Wildman–Crippen MR) is 49.9 cm³/mol. The first-order valence-corrected chi connectivity index (χ1v) is 4.73. The lowest BCUT2D eigenvalue weighted by Gasteiger charge is -2.37. The van der Waals surface area contributed by atoms with Crippen LogP contribution >= 0.6 is 0 Å². The molecule has 82 valence electrons. The molecule has 0 saturated carbocycles. The molecule has 0 aromatic carbocycles. The highest BCUT2D eigenvalue weighted by Gasteiger charge is 2.30. The Balaban J connectivity index is 2.58. The minimum absolute atomic E-state index is 0.00132. The highest BCUT2D eigenvalue weighted by Crippen LogP contribution is 2.11. The zero-order valence-electron chi connectivity index (χ0n) is 8.60. The molecule has 0 bridgehead atoms. The van der Waals surface area contributed by atoms with Gasteiger partial charge in [-0.1, -0.05) is 0 Å². The lowest BCUT2D eigenvalue weighted by atomic mass is 10.1. The monoisotopic (exact) mass is 203 g/mol. The van der Waals surface area contributed by atoms with Crippen LogP contribution in [-0.4, -0.2) is 61.5 Å². The summed E-state index contributed by atoms with van der Waals surface area (Å²) in [5.41, 5.74) is 0. The number of methoxy groups -OCH3 is 1. The summed E-state index contributed by atoms with van der Waals surface area (Å²) in [5, 5.41) is 9.09. The Morgan fingerprint density at radius 2 is 2.50 bits per heavy atom. The highest BCUT2D eigenvalue weighted by molar-refractivity contribution is 5.75. The second kappa shape index (κ2) is 5.29. The van der Waals surface area contributed by atoms with Crippen LogP contribution in [0.25, 0.3) is 0 Å². The Hall–Kier alpha value is -0.650. The average Bonchev–Trinajstić information content (AvgIpc) is 2.26. The van der Waals surface area contributed by atoms with E-state index in [1.807, 2.05) is 4.90 Å². The molecule has 2 atom stereocenters. The van der Waals surface area contributed by atoms with Crippen LogP contribution in [0, 0.1) is 0 Å². The molecule has 1 N–H and O–H groups in total. The molecule has 0 aromatic heterocycles. The van der Waals surface area contributed by atoms with E-state index < -0.39 is 0 Å². The van der Waals surface area contributed by atoms with Crippen LogP contribution in [0.5, 0.6) is 0 Å². The number of esters is 1. The molecule has 1 heterocycles. The van der Waals surface area contributed by atoms with E-state index in [1.54, 1.807) is 6.92 Å². The lowest BCUT2D eigenvalue weighted by molar-refractivity contribution is -0.150. The molecular formula is C9H17NO4. The number of carbonyl (C=O) groups is 1. The van der Waals surface area contributed by atoms with Crippen LogP contribution in [0.3, 0.4) is 0 Å². The van der Waals surface area contributed by atoms with E-state index >= 15 is 0 Å². The van der Waals surface area contributed by atoms with Crippen molar-refractivity contribution in [2.45, 2.75) is 19.0 Å². The Morgan fingerprint density at radius 1 is 1.79 bits per heavy atom. The van der Waals surface area contributed by atoms with Crippen molar-refractivity contribution in [3.63, 3.8) is 0 Å². The number of nitrogens with zero attached hydrogens (tertiary/aromatic N) is 1. The summed E-state index contributed by atoms with van der Waals surface area (Å²) >= 11 is 0. The Morgan fingerprint density at radius 3 is 3.07 bits per heavy atom. The van der Waals surface area contributed by atoms with Gasteiger partial charge in [-0.15, -0.1) is 0 Å². The van der Waals surface area contributed by atoms with E-state index in [2.05, 4.69) is 4.74 Å². The molecule has 5 nitrogen and oxygen atoms in total. The van der Waals surface area contributed by atoms with Crippen molar-refractivity contribution in [1.29, 1.82) is 0 Å². The summed E-state index contributed by atoms with van der Waals surface area (Å²) in [4.78, 5) is 13.2. The van der Waals surface area contributed by atoms with Crippen LogP contribution in [0.1, 0.15) is 6.92 Å². The van der Waals surface area contributed by atoms with Crippen LogP contribution < -0.4 is 0 Å². The van der Waals surface area contributed by atoms with Gasteiger partial charge < -0.3 is 14.6 Å². The molecule has 1 aliphatic rings. The fourth-order valence-corrected chi connectivity index (χ4v) is 1.64. The Labute approximate surface area is 83.6 Å². The number of aliphatic hydroxyl groups excluding tert-OH is 1. The summed E-state index contributed by atoms with van der Waals surface area (Å²) in [6.07, 6.45) is 0. The Kier molecular flexibility index (Phi) is 4.31. The number of hydrogen-bond acceptors (Lipinski definition) is 5. The lowest BCUT2D eigenvalue weighted by Crippen LogP contribution is -2.54. The van der Waals surface area contributed by atoms with Gasteiger partial charge in [0.25, 0.3) is 0 Å². The maximum atomic E-state index is 11.3. The van der Waals surface area contributed by atoms with Gasteiger partial charge in [0.05, 0.1) is 33.0 Å². The molecule has 0 aromatic rings. The third-order valence-electron chi connectivity index (χ3n) is 2.52. The zero-order valence-corrected chi connectivity index (χ0v) is 8.60. The van der Waals surface area contributed by atoms with E-state index in [-0.39, 0.29) is 24.7 Å². The summed E-state index contributed by atoms with van der Waals surface area (Å²) < 4.78 is 9.87. The van der Waals surface area contributed by atoms with E-state index in [0.717, 1.165) is 0 Å². The number of ether oxygens (including phenoxy) is 2. The van der Waals surface area contributed by atoms with E-state index in [1.165, 1.54) is 7.11 Å². The number of hydrogen-bond donors (Lipinski definition) is 1. The SMILES string of the molecule is COC(=O)C(C)N1CCOCC1CO. The van der Waals surface area contributed by atoms with Gasteiger partial charge in [-0.3, -0.25) is 9.69 Å². The fraction of sp³-hybridized carbons (Fsp3) is 0.889. The third kappa shape index (κ3) is 2.43. The van der Waals surface area contributed by atoms with E-state index in [4.69, 9.17) is 9.84 Å². The number of carbonyl (C=O) groups excluding carboxylic acids is 1. The van der Waals surface area contributed by atoms with Crippen molar-refractivity contribution in [3.05, 3.63) is 0 Å². The van der Waals surface area contributed by atoms with Crippen molar-refractivity contribution in [1.82, 2.24) is 4.90 Å². The van der Waals surface area contributed by atoms with Crippen molar-refractivity contribution in [2.24, 2.45) is 0 Å². The van der Waals surface area contributed by atoms with Crippen molar-refractivity contribution >= 4 is 5.97 Å². The standard InChI is InChI=1S/C9H17NO4/c1-7(9(12)13-2)10-3-4-14-6-8(10)5-11/h7-8,11H,3-6H2,1-2H3. The molecule has 0 spiro atoms. The predicted octanol–water partition coefficient (Wildman–Crippen LogP) is -0.759. The molecule has 14 heavy (non-hydrogen) atoms. The minimum Gasteiger partial charge on any atom is -0.468 e. The Bertz CT molecular complexity index is 197. The van der Waals surface area contributed by atoms with Gasteiger partial charge in [0.1, 0.15) is 6.04 Å². The number of morpholine rings is 1. The summed E-state index contributed by atoms with van der Waals surface area (Å²) in [7, 11) is 1.37. The largest absolute Gasteiger partial charge is 0.468 e. The fourth-order valence-electron chi connectivity index (χ4n) is 1.64. The minimum atomic E-state index is -0.318. The second-order valence-electron chi connectivity index (χ2n) is 3.35. The van der Waals surface area contributed by atoms with Crippen molar-refractivity contribution in [2.75, 3.05) is 33.5 Å². The topological polar surface area (TPSA) is 59.0 Å². The molecule has 5 heteroatoms. The van der Waals surface area contributed by atoms with Crippen LogP contribution in [0.15, 0.2) is 0 Å². The van der Waals surface area contributed by atoms with Crippen LogP contribution in [-0.2, 0) is 14.3 Å². The summed E-state index contributed by atoms with van der Waals surface area (Å²) in [6.45, 7) is 3.50. The van der Waals surface area contributed by atoms with Gasteiger partial charge >= 0.3 is 5.97 Å². The first-order valence-electron chi connectivity index (χ1n) is 4.73. The van der Waals surface area contributed by atoms with Crippen LogP contribution in [0.4, 0.5) is 0 Å². The first kappa shape index (κ1) is 11.4. The van der Waals surface area contributed by atoms with Crippen molar-refractivity contribution < 1.29 is 19.4 Å². The normalized spacial score (nSPS) is 25.8. The van der Waals surface area contributed by atoms with Gasteiger partial charge in [-0.05, 0) is 6.92 Å². The van der Waals surface area contributed by atoms with Gasteiger partial charge in [-0.25, -0.2) is 0 Å². The molecule has 1 aliphatic heterocycles. The van der Waals surface area contributed by atoms with Crippen molar-refractivity contribution in [3.8, 4) is 0 Å². The summed E-state index contributed by atoms with van der Waals surface area (Å²) in [6, 6.07) is -0.418. The number of rotatable bonds is 3. The zero-order chi connectivity index (χ0) is 10.6. The molecule has 0 amide bonds. The van der Waals surface area contributed by atoms with Gasteiger partial charge in [0.15, 0.2) is 0 Å². The van der Waals surface area contributed by atoms with Gasteiger partial charge in [0, 0.05) is 6.54 Å². The van der Waals surface area contributed by atoms with Crippen LogP contribution in [0.2, 0.25) is 0 Å². The molecule has 1 fully saturated rings. The summed E-state index contributed by atoms with van der Waals surface area (Å²) in [5.74, 6) is -0.273. The smallest absolute Gasteiger partial charge is 0.322 e. The molecule has 1 rings (SSSR count). The van der Waals surface area contributed by atoms with E-state index in [9.17, 15) is 4.79 Å². The maximum Gasteiger partial charge on any atom is 0.322 e. The molecular weight excluding hydrogens is 186 g/mol. The molecule has 0 aliphatic carbocycles.